The van der Waals surface area contributed by atoms with Crippen molar-refractivity contribution in [1.29, 1.82) is 0 Å². The Labute approximate surface area is 203 Å². The van der Waals surface area contributed by atoms with Gasteiger partial charge in [0, 0.05) is 23.9 Å². The van der Waals surface area contributed by atoms with Gasteiger partial charge in [-0.05, 0) is 38.8 Å². The van der Waals surface area contributed by atoms with Crippen LogP contribution in [0.1, 0.15) is 73.3 Å². The van der Waals surface area contributed by atoms with Gasteiger partial charge in [0.15, 0.2) is 17.2 Å². The first-order valence-electron chi connectivity index (χ1n) is 12.2. The minimum Gasteiger partial charge on any atom is -0.461 e. The van der Waals surface area contributed by atoms with Gasteiger partial charge in [-0.25, -0.2) is 4.79 Å². The summed E-state index contributed by atoms with van der Waals surface area (Å²) in [5.41, 5.74) is -0.537. The first kappa shape index (κ1) is 23.2. The number of fused-ring (bicyclic) bond motifs is 2. The fourth-order valence-corrected chi connectivity index (χ4v) is 5.08. The van der Waals surface area contributed by atoms with E-state index in [-0.39, 0.29) is 43.3 Å². The third kappa shape index (κ3) is 4.21. The van der Waals surface area contributed by atoms with Gasteiger partial charge < -0.3 is 19.5 Å². The summed E-state index contributed by atoms with van der Waals surface area (Å²) in [6.45, 7) is 3.81. The average Bonchev–Trinajstić information content (AvgIpc) is 3.40. The van der Waals surface area contributed by atoms with E-state index in [2.05, 4.69) is 10.4 Å². The molecule has 2 amide bonds. The van der Waals surface area contributed by atoms with Gasteiger partial charge in [-0.3, -0.25) is 19.2 Å². The fraction of sp³-hybridized carbons (Fsp3) is 0.520. The molecule has 35 heavy (non-hydrogen) atoms. The molecule has 2 aromatic rings. The fourth-order valence-electron chi connectivity index (χ4n) is 5.08. The Balaban J connectivity index is 1.53. The summed E-state index contributed by atoms with van der Waals surface area (Å²) in [5.74, 6) is -0.210. The summed E-state index contributed by atoms with van der Waals surface area (Å²) in [6, 6.07) is 6.65. The number of nitrogens with one attached hydrogen (secondary N) is 1. The molecule has 0 unspecified atom stereocenters. The molecule has 0 bridgehead atoms. The summed E-state index contributed by atoms with van der Waals surface area (Å²) >= 11 is 0. The average molecular weight is 483 g/mol. The molecule has 3 aliphatic rings. The zero-order valence-electron chi connectivity index (χ0n) is 20.0. The molecule has 186 valence electrons. The van der Waals surface area contributed by atoms with Crippen LogP contribution in [0.3, 0.4) is 0 Å². The molecule has 0 radical (unpaired) electrons. The monoisotopic (exact) mass is 482 g/mol. The zero-order chi connectivity index (χ0) is 24.6. The second kappa shape index (κ2) is 9.24. The molecule has 5 rings (SSSR count). The van der Waals surface area contributed by atoms with E-state index in [0.717, 1.165) is 25.7 Å². The van der Waals surface area contributed by atoms with Crippen LogP contribution in [0.5, 0.6) is 11.5 Å². The van der Waals surface area contributed by atoms with Crippen molar-refractivity contribution in [3.05, 3.63) is 35.7 Å². The topological polar surface area (TPSA) is 112 Å². The van der Waals surface area contributed by atoms with Crippen LogP contribution >= 0.6 is 0 Å². The van der Waals surface area contributed by atoms with Gasteiger partial charge in [0.1, 0.15) is 11.2 Å². The maximum atomic E-state index is 13.8. The van der Waals surface area contributed by atoms with E-state index >= 15 is 0 Å². The SMILES string of the molecule is CCOC(=O)c1cc2n(n1)C[C@@](C)(C(=O)NC1CCCCCC1)N(c1ccc3c(c1)OCO3)C2=O. The molecule has 1 saturated carbocycles. The quantitative estimate of drug-likeness (QED) is 0.515. The maximum Gasteiger partial charge on any atom is 0.358 e. The minimum absolute atomic E-state index is 0.0364. The van der Waals surface area contributed by atoms with E-state index in [1.165, 1.54) is 28.5 Å². The lowest BCUT2D eigenvalue weighted by Crippen LogP contribution is -2.65. The summed E-state index contributed by atoms with van der Waals surface area (Å²) in [4.78, 5) is 41.4. The Morgan fingerprint density at radius 3 is 2.63 bits per heavy atom. The van der Waals surface area contributed by atoms with E-state index < -0.39 is 17.4 Å². The third-order valence-corrected chi connectivity index (χ3v) is 6.93. The van der Waals surface area contributed by atoms with Gasteiger partial charge in [-0.15, -0.1) is 0 Å². The van der Waals surface area contributed by atoms with Gasteiger partial charge in [0.25, 0.3) is 5.91 Å². The molecule has 2 aliphatic heterocycles. The summed E-state index contributed by atoms with van der Waals surface area (Å²) in [5, 5.41) is 7.52. The number of carbonyl (C=O) groups is 3. The molecule has 1 aliphatic carbocycles. The van der Waals surface area contributed by atoms with Crippen LogP contribution < -0.4 is 19.7 Å². The van der Waals surface area contributed by atoms with E-state index in [1.807, 2.05) is 0 Å². The lowest BCUT2D eigenvalue weighted by Gasteiger charge is -2.43. The van der Waals surface area contributed by atoms with Crippen molar-refractivity contribution in [3.63, 3.8) is 0 Å². The molecule has 10 nitrogen and oxygen atoms in total. The van der Waals surface area contributed by atoms with E-state index in [4.69, 9.17) is 14.2 Å². The van der Waals surface area contributed by atoms with Crippen LogP contribution in [-0.2, 0) is 16.1 Å². The van der Waals surface area contributed by atoms with Crippen LogP contribution in [0.2, 0.25) is 0 Å². The van der Waals surface area contributed by atoms with Gasteiger partial charge in [0.05, 0.1) is 13.2 Å². The van der Waals surface area contributed by atoms with E-state index in [9.17, 15) is 14.4 Å². The van der Waals surface area contributed by atoms with Gasteiger partial charge in [-0.1, -0.05) is 25.7 Å². The minimum atomic E-state index is -1.29. The molecular weight excluding hydrogens is 452 g/mol. The van der Waals surface area contributed by atoms with Crippen LogP contribution in [0.15, 0.2) is 24.3 Å². The first-order valence-corrected chi connectivity index (χ1v) is 12.2. The van der Waals surface area contributed by atoms with Crippen LogP contribution in [0.25, 0.3) is 0 Å². The van der Waals surface area contributed by atoms with Gasteiger partial charge >= 0.3 is 5.97 Å². The normalized spacial score (nSPS) is 21.9. The zero-order valence-corrected chi connectivity index (χ0v) is 20.0. The maximum absolute atomic E-state index is 13.8. The number of amides is 2. The summed E-state index contributed by atoms with van der Waals surface area (Å²) in [7, 11) is 0. The molecule has 1 N–H and O–H groups in total. The largest absolute Gasteiger partial charge is 0.461 e. The number of benzene rings is 1. The Kier molecular flexibility index (Phi) is 6.12. The molecule has 0 spiro atoms. The second-order valence-electron chi connectivity index (χ2n) is 9.41. The standard InChI is InChI=1S/C25H30N4O6/c1-3-33-23(31)18-13-19-22(30)29(17-10-11-20-21(12-17)35-15-34-20)25(2,14-28(19)27-18)24(32)26-16-8-6-4-5-7-9-16/h10-13,16H,3-9,14-15H2,1-2H3,(H,26,32)/t25-/m0/s1. The second-order valence-corrected chi connectivity index (χ2v) is 9.41. The van der Waals surface area contributed by atoms with E-state index in [0.29, 0.717) is 17.2 Å². The van der Waals surface area contributed by atoms with Gasteiger partial charge in [0.2, 0.25) is 12.7 Å². The molecule has 3 heterocycles. The molecule has 1 aromatic carbocycles. The number of anilines is 1. The van der Waals surface area contributed by atoms with Crippen LogP contribution in [0, 0.1) is 0 Å². The highest BCUT2D eigenvalue weighted by atomic mass is 16.7. The van der Waals surface area contributed by atoms with Crippen molar-refractivity contribution in [2.45, 2.75) is 70.5 Å². The third-order valence-electron chi connectivity index (χ3n) is 6.93. The molecule has 10 heteroatoms. The smallest absolute Gasteiger partial charge is 0.358 e. The molecule has 1 aromatic heterocycles. The molecule has 0 saturated heterocycles. The van der Waals surface area contributed by atoms with Crippen LogP contribution in [0.4, 0.5) is 5.69 Å². The van der Waals surface area contributed by atoms with Crippen molar-refractivity contribution in [1.82, 2.24) is 15.1 Å². The molecule has 1 fully saturated rings. The first-order chi connectivity index (χ1) is 16.9. The Morgan fingerprint density at radius 1 is 1.14 bits per heavy atom. The summed E-state index contributed by atoms with van der Waals surface area (Å²) in [6.07, 6.45) is 6.30. The number of nitrogens with zero attached hydrogens (tertiary/aromatic N) is 3. The molecular formula is C25H30N4O6. The lowest BCUT2D eigenvalue weighted by atomic mass is 9.93. The number of aromatic nitrogens is 2. The van der Waals surface area contributed by atoms with Crippen molar-refractivity contribution < 1.29 is 28.6 Å². The number of ether oxygens (including phenoxy) is 3. The predicted octanol–water partition coefficient (Wildman–Crippen LogP) is 3.05. The van der Waals surface area contributed by atoms with Gasteiger partial charge in [-0.2, -0.15) is 5.10 Å². The predicted molar refractivity (Wildman–Crippen MR) is 126 cm³/mol. The highest BCUT2D eigenvalue weighted by Gasteiger charge is 2.49. The number of esters is 1. The number of carbonyl (C=O) groups excluding carboxylic acids is 3. The number of rotatable bonds is 5. The number of hydrogen-bond donors (Lipinski definition) is 1. The van der Waals surface area contributed by atoms with Crippen molar-refractivity contribution >= 4 is 23.5 Å². The lowest BCUT2D eigenvalue weighted by molar-refractivity contribution is -0.127. The molecule has 1 atom stereocenters. The van der Waals surface area contributed by atoms with Crippen molar-refractivity contribution in [2.24, 2.45) is 0 Å². The Morgan fingerprint density at radius 2 is 1.89 bits per heavy atom. The Bertz CT molecular complexity index is 1150. The highest BCUT2D eigenvalue weighted by molar-refractivity contribution is 6.12. The summed E-state index contributed by atoms with van der Waals surface area (Å²) < 4.78 is 17.4. The van der Waals surface area contributed by atoms with Crippen molar-refractivity contribution in [3.8, 4) is 11.5 Å². The number of hydrogen-bond acceptors (Lipinski definition) is 7. The highest BCUT2D eigenvalue weighted by Crippen LogP contribution is 2.40. The van der Waals surface area contributed by atoms with Crippen molar-refractivity contribution in [2.75, 3.05) is 18.3 Å². The van der Waals surface area contributed by atoms with Crippen LogP contribution in [-0.4, -0.2) is 52.5 Å². The van der Waals surface area contributed by atoms with E-state index in [1.54, 1.807) is 32.0 Å². The Hall–Kier alpha value is -3.56.